The van der Waals surface area contributed by atoms with Crippen LogP contribution in [0.25, 0.3) is 0 Å². The van der Waals surface area contributed by atoms with Gasteiger partial charge in [-0.3, -0.25) is 4.79 Å². The summed E-state index contributed by atoms with van der Waals surface area (Å²) in [4.78, 5) is 16.6. The Morgan fingerprint density at radius 3 is 2.92 bits per heavy atom. The summed E-state index contributed by atoms with van der Waals surface area (Å²) in [6.45, 7) is 0.660. The van der Waals surface area contributed by atoms with E-state index >= 15 is 0 Å². The van der Waals surface area contributed by atoms with Crippen LogP contribution in [0.15, 0.2) is 30.6 Å². The number of carbonyl (C=O) groups is 1. The fraction of sp³-hybridized carbons (Fsp3) is 0.375. The molecule has 0 bridgehead atoms. The molecule has 1 aromatic heterocycles. The lowest BCUT2D eigenvalue weighted by Crippen LogP contribution is -2.30. The number of nitrogens with one attached hydrogen (secondary N) is 1. The van der Waals surface area contributed by atoms with E-state index in [9.17, 15) is 18.0 Å². The molecule has 24 heavy (non-hydrogen) atoms. The monoisotopic (exact) mass is 339 g/mol. The molecule has 1 aliphatic heterocycles. The number of amides is 1. The van der Waals surface area contributed by atoms with Crippen molar-refractivity contribution in [3.05, 3.63) is 42.0 Å². The Kier molecular flexibility index (Phi) is 4.21. The van der Waals surface area contributed by atoms with Crippen molar-refractivity contribution in [3.8, 4) is 5.75 Å². The van der Waals surface area contributed by atoms with E-state index in [-0.39, 0.29) is 23.3 Å². The number of hydrogen-bond donors (Lipinski definition) is 1. The molecule has 2 aromatic rings. The lowest BCUT2D eigenvalue weighted by Gasteiger charge is -2.23. The van der Waals surface area contributed by atoms with Gasteiger partial charge in [-0.15, -0.1) is 0 Å². The van der Waals surface area contributed by atoms with Crippen LogP contribution in [-0.2, 0) is 23.9 Å². The van der Waals surface area contributed by atoms with Crippen molar-refractivity contribution in [2.75, 3.05) is 12.4 Å². The zero-order valence-electron chi connectivity index (χ0n) is 12.9. The van der Waals surface area contributed by atoms with Gasteiger partial charge >= 0.3 is 6.18 Å². The largest absolute Gasteiger partial charge is 0.495 e. The summed E-state index contributed by atoms with van der Waals surface area (Å²) >= 11 is 0. The highest BCUT2D eigenvalue weighted by Gasteiger charge is 2.32. The molecule has 0 fully saturated rings. The summed E-state index contributed by atoms with van der Waals surface area (Å²) in [5, 5.41) is 2.57. The van der Waals surface area contributed by atoms with Crippen molar-refractivity contribution < 1.29 is 22.7 Å². The third kappa shape index (κ3) is 3.22. The van der Waals surface area contributed by atoms with E-state index in [1.54, 1.807) is 6.20 Å². The molecule has 0 saturated heterocycles. The Balaban J connectivity index is 1.79. The van der Waals surface area contributed by atoms with Gasteiger partial charge < -0.3 is 14.6 Å². The second kappa shape index (κ2) is 6.18. The van der Waals surface area contributed by atoms with Crippen LogP contribution in [0.3, 0.4) is 0 Å². The molecule has 0 saturated carbocycles. The summed E-state index contributed by atoms with van der Waals surface area (Å²) in [5.74, 6) is 0.326. The first-order valence-electron chi connectivity index (χ1n) is 7.44. The Morgan fingerprint density at radius 1 is 1.42 bits per heavy atom. The van der Waals surface area contributed by atoms with Crippen LogP contribution in [-0.4, -0.2) is 22.6 Å². The maximum absolute atomic E-state index is 12.9. The van der Waals surface area contributed by atoms with E-state index in [0.29, 0.717) is 19.4 Å². The molecule has 1 aliphatic rings. The standard InChI is InChI=1S/C16H16F3N3O2/c1-24-13-3-2-11(16(17,18)19)9-12(13)21-15(23)10-4-6-22-7-5-20-14(22)8-10/h2-3,5,7,9-10H,4,6,8H2,1H3,(H,21,23). The van der Waals surface area contributed by atoms with Gasteiger partial charge in [-0.05, 0) is 24.6 Å². The molecular formula is C16H16F3N3O2. The van der Waals surface area contributed by atoms with E-state index in [4.69, 9.17) is 4.74 Å². The number of aryl methyl sites for hydroxylation is 1. The SMILES string of the molecule is COc1ccc(C(F)(F)F)cc1NC(=O)C1CCn2ccnc2C1. The maximum Gasteiger partial charge on any atom is 0.416 e. The number of imidazole rings is 1. The molecular weight excluding hydrogens is 323 g/mol. The molecule has 2 heterocycles. The highest BCUT2D eigenvalue weighted by atomic mass is 19.4. The average Bonchev–Trinajstić information content (AvgIpc) is 3.01. The molecule has 128 valence electrons. The van der Waals surface area contributed by atoms with E-state index in [1.165, 1.54) is 13.2 Å². The molecule has 1 unspecified atom stereocenters. The number of halogens is 3. The summed E-state index contributed by atoms with van der Waals surface area (Å²) in [6, 6.07) is 3.01. The molecule has 1 amide bonds. The molecule has 8 heteroatoms. The van der Waals surface area contributed by atoms with Crippen LogP contribution in [0.4, 0.5) is 18.9 Å². The molecule has 1 N–H and O–H groups in total. The number of aromatic nitrogens is 2. The normalized spacial score (nSPS) is 17.2. The van der Waals surface area contributed by atoms with E-state index < -0.39 is 11.7 Å². The van der Waals surface area contributed by atoms with Gasteiger partial charge in [-0.1, -0.05) is 0 Å². The number of carbonyl (C=O) groups excluding carboxylic acids is 1. The number of methoxy groups -OCH3 is 1. The van der Waals surface area contributed by atoms with Gasteiger partial charge in [0.25, 0.3) is 0 Å². The summed E-state index contributed by atoms with van der Waals surface area (Å²) < 4.78 is 45.6. The van der Waals surface area contributed by atoms with Gasteiger partial charge in [-0.2, -0.15) is 13.2 Å². The van der Waals surface area contributed by atoms with Crippen molar-refractivity contribution >= 4 is 11.6 Å². The Hall–Kier alpha value is -2.51. The quantitative estimate of drug-likeness (QED) is 0.935. The summed E-state index contributed by atoms with van der Waals surface area (Å²) in [5.41, 5.74) is -0.816. The zero-order chi connectivity index (χ0) is 17.3. The van der Waals surface area contributed by atoms with Crippen LogP contribution >= 0.6 is 0 Å². The van der Waals surface area contributed by atoms with Gasteiger partial charge in [0.2, 0.25) is 5.91 Å². The third-order valence-corrected chi connectivity index (χ3v) is 4.10. The Morgan fingerprint density at radius 2 is 2.21 bits per heavy atom. The molecule has 1 aromatic carbocycles. The number of hydrogen-bond acceptors (Lipinski definition) is 3. The van der Waals surface area contributed by atoms with E-state index in [2.05, 4.69) is 10.3 Å². The highest BCUT2D eigenvalue weighted by molar-refractivity contribution is 5.94. The fourth-order valence-corrected chi connectivity index (χ4v) is 2.79. The first-order chi connectivity index (χ1) is 11.4. The van der Waals surface area contributed by atoms with Crippen molar-refractivity contribution in [1.29, 1.82) is 0 Å². The lowest BCUT2D eigenvalue weighted by molar-refractivity contribution is -0.137. The highest BCUT2D eigenvalue weighted by Crippen LogP contribution is 2.35. The van der Waals surface area contributed by atoms with Crippen LogP contribution in [0.2, 0.25) is 0 Å². The second-order valence-corrected chi connectivity index (χ2v) is 5.63. The smallest absolute Gasteiger partial charge is 0.416 e. The minimum absolute atomic E-state index is 0.0197. The van der Waals surface area contributed by atoms with Crippen LogP contribution in [0.1, 0.15) is 17.8 Å². The minimum Gasteiger partial charge on any atom is -0.495 e. The van der Waals surface area contributed by atoms with Gasteiger partial charge in [0.15, 0.2) is 0 Å². The van der Waals surface area contributed by atoms with Gasteiger partial charge in [-0.25, -0.2) is 4.98 Å². The molecule has 3 rings (SSSR count). The van der Waals surface area contributed by atoms with Crippen molar-refractivity contribution in [2.45, 2.75) is 25.6 Å². The lowest BCUT2D eigenvalue weighted by atomic mass is 9.96. The van der Waals surface area contributed by atoms with Gasteiger partial charge in [0.1, 0.15) is 11.6 Å². The number of benzene rings is 1. The number of nitrogens with zero attached hydrogens (tertiary/aromatic N) is 2. The van der Waals surface area contributed by atoms with Crippen LogP contribution in [0, 0.1) is 5.92 Å². The van der Waals surface area contributed by atoms with Crippen molar-refractivity contribution in [2.24, 2.45) is 5.92 Å². The second-order valence-electron chi connectivity index (χ2n) is 5.63. The first-order valence-corrected chi connectivity index (χ1v) is 7.44. The van der Waals surface area contributed by atoms with E-state index in [1.807, 2.05) is 10.8 Å². The average molecular weight is 339 g/mol. The van der Waals surface area contributed by atoms with Gasteiger partial charge in [0, 0.05) is 31.3 Å². The number of alkyl halides is 3. The molecule has 5 nitrogen and oxygen atoms in total. The number of fused-ring (bicyclic) bond motifs is 1. The third-order valence-electron chi connectivity index (χ3n) is 4.10. The van der Waals surface area contributed by atoms with Crippen molar-refractivity contribution in [1.82, 2.24) is 9.55 Å². The van der Waals surface area contributed by atoms with E-state index in [0.717, 1.165) is 18.0 Å². The number of anilines is 1. The first kappa shape index (κ1) is 16.4. The summed E-state index contributed by atoms with van der Waals surface area (Å²) in [6.07, 6.45) is 0.0999. The molecule has 1 atom stereocenters. The Labute approximate surface area is 136 Å². The fourth-order valence-electron chi connectivity index (χ4n) is 2.79. The van der Waals surface area contributed by atoms with Crippen LogP contribution in [0.5, 0.6) is 5.75 Å². The van der Waals surface area contributed by atoms with Crippen LogP contribution < -0.4 is 10.1 Å². The predicted octanol–water partition coefficient (Wildman–Crippen LogP) is 3.11. The van der Waals surface area contributed by atoms with Gasteiger partial charge in [0.05, 0.1) is 18.4 Å². The molecule has 0 spiro atoms. The minimum atomic E-state index is -4.48. The molecule has 0 radical (unpaired) electrons. The maximum atomic E-state index is 12.9. The Bertz CT molecular complexity index is 755. The summed E-state index contributed by atoms with van der Waals surface area (Å²) in [7, 11) is 1.34. The molecule has 0 aliphatic carbocycles. The number of rotatable bonds is 3. The van der Waals surface area contributed by atoms with Crippen molar-refractivity contribution in [3.63, 3.8) is 0 Å². The predicted molar refractivity (Wildman–Crippen MR) is 80.7 cm³/mol. The zero-order valence-corrected chi connectivity index (χ0v) is 12.9. The number of ether oxygens (including phenoxy) is 1. The topological polar surface area (TPSA) is 56.1 Å².